The molecule has 2 rings (SSSR count). The summed E-state index contributed by atoms with van der Waals surface area (Å²) in [4.78, 5) is 23.1. The van der Waals surface area contributed by atoms with Crippen molar-refractivity contribution >= 4 is 11.9 Å². The zero-order chi connectivity index (χ0) is 13.8. The lowest BCUT2D eigenvalue weighted by atomic mass is 9.84. The van der Waals surface area contributed by atoms with E-state index in [2.05, 4.69) is 12.2 Å². The zero-order valence-electron chi connectivity index (χ0n) is 11.7. The van der Waals surface area contributed by atoms with Crippen molar-refractivity contribution in [2.45, 2.75) is 64.3 Å². The Kier molecular flexibility index (Phi) is 4.83. The molecule has 2 fully saturated rings. The molecule has 0 saturated heterocycles. The first-order valence-corrected chi connectivity index (χ1v) is 7.61. The molecule has 2 aliphatic carbocycles. The Morgan fingerprint density at radius 2 is 1.68 bits per heavy atom. The van der Waals surface area contributed by atoms with Crippen molar-refractivity contribution in [2.75, 3.05) is 0 Å². The molecule has 1 amide bonds. The van der Waals surface area contributed by atoms with E-state index in [4.69, 9.17) is 5.11 Å². The Labute approximate surface area is 115 Å². The van der Waals surface area contributed by atoms with Gasteiger partial charge < -0.3 is 10.4 Å². The second-order valence-electron chi connectivity index (χ2n) is 6.24. The van der Waals surface area contributed by atoms with E-state index in [1.54, 1.807) is 0 Å². The molecular weight excluding hydrogens is 242 g/mol. The van der Waals surface area contributed by atoms with Gasteiger partial charge in [-0.25, -0.2) is 0 Å². The van der Waals surface area contributed by atoms with Gasteiger partial charge in [-0.3, -0.25) is 9.59 Å². The third kappa shape index (κ3) is 3.71. The first-order chi connectivity index (χ1) is 9.08. The molecule has 2 saturated carbocycles. The van der Waals surface area contributed by atoms with E-state index in [1.807, 2.05) is 0 Å². The number of hydrogen-bond donors (Lipinski definition) is 2. The summed E-state index contributed by atoms with van der Waals surface area (Å²) < 4.78 is 0. The molecule has 0 aromatic carbocycles. The molecule has 0 heterocycles. The lowest BCUT2D eigenvalue weighted by molar-refractivity contribution is -0.141. The second kappa shape index (κ2) is 6.40. The van der Waals surface area contributed by atoms with Crippen LogP contribution in [0.4, 0.5) is 0 Å². The standard InChI is InChI=1S/C15H25NO3/c1-10(11-5-3-2-4-6-11)16-14(17)12-7-8-13(9-12)15(18)19/h10-13H,2-9H2,1H3,(H,16,17)(H,18,19)/t10-,12?,13?/m1/s1. The SMILES string of the molecule is C[C@@H](NC(=O)C1CCC(C(=O)O)C1)C1CCCCC1. The average molecular weight is 267 g/mol. The number of carbonyl (C=O) groups excluding carboxylic acids is 1. The molecule has 4 nitrogen and oxygen atoms in total. The minimum Gasteiger partial charge on any atom is -0.481 e. The van der Waals surface area contributed by atoms with Gasteiger partial charge in [0.05, 0.1) is 5.92 Å². The number of aliphatic carboxylic acids is 1. The first kappa shape index (κ1) is 14.4. The van der Waals surface area contributed by atoms with Crippen LogP contribution in [0, 0.1) is 17.8 Å². The molecule has 108 valence electrons. The molecule has 0 aromatic rings. The predicted octanol–water partition coefficient (Wildman–Crippen LogP) is 2.57. The van der Waals surface area contributed by atoms with Gasteiger partial charge in [0.15, 0.2) is 0 Å². The number of hydrogen-bond acceptors (Lipinski definition) is 2. The van der Waals surface area contributed by atoms with Crippen LogP contribution in [0.5, 0.6) is 0 Å². The van der Waals surface area contributed by atoms with E-state index >= 15 is 0 Å². The predicted molar refractivity (Wildman–Crippen MR) is 72.6 cm³/mol. The largest absolute Gasteiger partial charge is 0.481 e. The number of carbonyl (C=O) groups is 2. The maximum absolute atomic E-state index is 12.2. The summed E-state index contributed by atoms with van der Waals surface area (Å²) in [6.07, 6.45) is 8.17. The summed E-state index contributed by atoms with van der Waals surface area (Å²) in [5.74, 6) is -0.486. The minimum atomic E-state index is -0.754. The van der Waals surface area contributed by atoms with Crippen LogP contribution in [0.25, 0.3) is 0 Å². The maximum Gasteiger partial charge on any atom is 0.306 e. The van der Waals surface area contributed by atoms with Crippen LogP contribution >= 0.6 is 0 Å². The molecule has 0 aromatic heterocycles. The number of amides is 1. The molecule has 4 heteroatoms. The Bertz CT molecular complexity index is 336. The van der Waals surface area contributed by atoms with Crippen molar-refractivity contribution in [1.82, 2.24) is 5.32 Å². The van der Waals surface area contributed by atoms with Crippen molar-refractivity contribution in [3.63, 3.8) is 0 Å². The highest BCUT2D eigenvalue weighted by Gasteiger charge is 2.34. The van der Waals surface area contributed by atoms with E-state index in [0.717, 1.165) is 6.42 Å². The van der Waals surface area contributed by atoms with Gasteiger partial charge in [-0.2, -0.15) is 0 Å². The molecule has 0 bridgehead atoms. The number of nitrogens with one attached hydrogen (secondary N) is 1. The molecule has 19 heavy (non-hydrogen) atoms. The van der Waals surface area contributed by atoms with Crippen LogP contribution in [0.1, 0.15) is 58.3 Å². The summed E-state index contributed by atoms with van der Waals surface area (Å²) in [7, 11) is 0. The fraction of sp³-hybridized carbons (Fsp3) is 0.867. The van der Waals surface area contributed by atoms with E-state index in [-0.39, 0.29) is 23.8 Å². The summed E-state index contributed by atoms with van der Waals surface area (Å²) in [5, 5.41) is 12.1. The van der Waals surface area contributed by atoms with Crippen LogP contribution in [-0.4, -0.2) is 23.0 Å². The van der Waals surface area contributed by atoms with E-state index in [0.29, 0.717) is 18.8 Å². The number of carboxylic acid groups (broad SMARTS) is 1. The summed E-state index contributed by atoms with van der Waals surface area (Å²) in [5.41, 5.74) is 0. The van der Waals surface area contributed by atoms with Crippen molar-refractivity contribution < 1.29 is 14.7 Å². The van der Waals surface area contributed by atoms with Crippen LogP contribution in [-0.2, 0) is 9.59 Å². The fourth-order valence-electron chi connectivity index (χ4n) is 3.54. The maximum atomic E-state index is 12.2. The first-order valence-electron chi connectivity index (χ1n) is 7.61. The summed E-state index contributed by atoms with van der Waals surface area (Å²) in [6.45, 7) is 2.09. The molecule has 0 aliphatic heterocycles. The van der Waals surface area contributed by atoms with Gasteiger partial charge in [-0.05, 0) is 44.9 Å². The van der Waals surface area contributed by atoms with Gasteiger partial charge >= 0.3 is 5.97 Å². The molecular formula is C15H25NO3. The highest BCUT2D eigenvalue weighted by Crippen LogP contribution is 2.32. The monoisotopic (exact) mass is 267 g/mol. The zero-order valence-corrected chi connectivity index (χ0v) is 11.7. The van der Waals surface area contributed by atoms with E-state index in [1.165, 1.54) is 32.1 Å². The number of carboxylic acids is 1. The van der Waals surface area contributed by atoms with Crippen molar-refractivity contribution in [2.24, 2.45) is 17.8 Å². The van der Waals surface area contributed by atoms with E-state index < -0.39 is 5.97 Å². The van der Waals surface area contributed by atoms with Gasteiger partial charge in [-0.15, -0.1) is 0 Å². The molecule has 0 spiro atoms. The molecule has 0 radical (unpaired) electrons. The third-order valence-corrected chi connectivity index (χ3v) is 4.88. The van der Waals surface area contributed by atoms with Gasteiger partial charge in [-0.1, -0.05) is 19.3 Å². The normalized spacial score (nSPS) is 29.9. The lowest BCUT2D eigenvalue weighted by Crippen LogP contribution is -2.41. The second-order valence-corrected chi connectivity index (χ2v) is 6.24. The summed E-state index contributed by atoms with van der Waals surface area (Å²) >= 11 is 0. The van der Waals surface area contributed by atoms with E-state index in [9.17, 15) is 9.59 Å². The lowest BCUT2D eigenvalue weighted by Gasteiger charge is -2.29. The quantitative estimate of drug-likeness (QED) is 0.822. The molecule has 2 N–H and O–H groups in total. The van der Waals surface area contributed by atoms with Crippen LogP contribution in [0.2, 0.25) is 0 Å². The van der Waals surface area contributed by atoms with Crippen molar-refractivity contribution in [3.05, 3.63) is 0 Å². The smallest absolute Gasteiger partial charge is 0.306 e. The topological polar surface area (TPSA) is 66.4 Å². The minimum absolute atomic E-state index is 0.0711. The van der Waals surface area contributed by atoms with Crippen molar-refractivity contribution in [1.29, 1.82) is 0 Å². The third-order valence-electron chi connectivity index (χ3n) is 4.88. The highest BCUT2D eigenvalue weighted by atomic mass is 16.4. The van der Waals surface area contributed by atoms with Gasteiger partial charge in [0, 0.05) is 12.0 Å². The Balaban J connectivity index is 1.79. The van der Waals surface area contributed by atoms with Crippen LogP contribution in [0.3, 0.4) is 0 Å². The Morgan fingerprint density at radius 1 is 1.05 bits per heavy atom. The molecule has 2 unspecified atom stereocenters. The fourth-order valence-corrected chi connectivity index (χ4v) is 3.54. The van der Waals surface area contributed by atoms with Gasteiger partial charge in [0.25, 0.3) is 0 Å². The van der Waals surface area contributed by atoms with Crippen LogP contribution in [0.15, 0.2) is 0 Å². The summed E-state index contributed by atoms with van der Waals surface area (Å²) in [6, 6.07) is 0.233. The molecule has 3 atom stereocenters. The highest BCUT2D eigenvalue weighted by molar-refractivity contribution is 5.81. The Morgan fingerprint density at radius 3 is 2.26 bits per heavy atom. The van der Waals surface area contributed by atoms with Gasteiger partial charge in [0.2, 0.25) is 5.91 Å². The Hall–Kier alpha value is -1.06. The average Bonchev–Trinajstić information content (AvgIpc) is 2.89. The van der Waals surface area contributed by atoms with Gasteiger partial charge in [0.1, 0.15) is 0 Å². The van der Waals surface area contributed by atoms with Crippen LogP contribution < -0.4 is 5.32 Å². The molecule has 2 aliphatic rings. The number of rotatable bonds is 4. The van der Waals surface area contributed by atoms with Crippen molar-refractivity contribution in [3.8, 4) is 0 Å².